The van der Waals surface area contributed by atoms with Crippen LogP contribution < -0.4 is 9.47 Å². The predicted octanol–water partition coefficient (Wildman–Crippen LogP) is 3.51. The molecule has 1 aromatic carbocycles. The van der Waals surface area contributed by atoms with Crippen LogP contribution in [-0.4, -0.2) is 13.7 Å². The number of halogens is 2. The Bertz CT molecular complexity index is 467. The number of rotatable bonds is 3. The number of thiophene rings is 1. The van der Waals surface area contributed by atoms with Gasteiger partial charge < -0.3 is 9.47 Å². The summed E-state index contributed by atoms with van der Waals surface area (Å²) in [6, 6.07) is 5.09. The topological polar surface area (TPSA) is 18.5 Å². The van der Waals surface area contributed by atoms with Gasteiger partial charge in [0.25, 0.3) is 0 Å². The van der Waals surface area contributed by atoms with Gasteiger partial charge in [-0.25, -0.2) is 0 Å². The van der Waals surface area contributed by atoms with E-state index in [-0.39, 0.29) is 5.75 Å². The highest BCUT2D eigenvalue weighted by Gasteiger charge is 2.11. The van der Waals surface area contributed by atoms with Gasteiger partial charge >= 0.3 is 6.61 Å². The summed E-state index contributed by atoms with van der Waals surface area (Å²) in [6.07, 6.45) is 0. The van der Waals surface area contributed by atoms with Gasteiger partial charge in [0.1, 0.15) is 0 Å². The molecule has 0 amide bonds. The molecule has 2 aromatic rings. The summed E-state index contributed by atoms with van der Waals surface area (Å²) in [5.41, 5.74) is 0. The first-order valence-corrected chi connectivity index (χ1v) is 5.08. The molecule has 0 spiro atoms. The normalized spacial score (nSPS) is 10.9. The molecular formula is C10H8F2O2S. The lowest BCUT2D eigenvalue weighted by molar-refractivity contribution is -0.0511. The Morgan fingerprint density at radius 1 is 1.27 bits per heavy atom. The Morgan fingerprint density at radius 3 is 2.73 bits per heavy atom. The molecule has 1 heterocycles. The zero-order valence-corrected chi connectivity index (χ0v) is 8.68. The molecule has 0 unspecified atom stereocenters. The maximum absolute atomic E-state index is 12.1. The quantitative estimate of drug-likeness (QED) is 0.803. The maximum Gasteiger partial charge on any atom is 0.387 e. The third-order valence-corrected chi connectivity index (χ3v) is 2.83. The molecule has 0 aliphatic carbocycles. The average molecular weight is 230 g/mol. The van der Waals surface area contributed by atoms with Gasteiger partial charge in [0.15, 0.2) is 11.5 Å². The first kappa shape index (κ1) is 10.2. The molecule has 0 bridgehead atoms. The lowest BCUT2D eigenvalue weighted by Gasteiger charge is -2.09. The van der Waals surface area contributed by atoms with E-state index in [0.717, 1.165) is 10.1 Å². The van der Waals surface area contributed by atoms with Crippen LogP contribution in [0.15, 0.2) is 23.6 Å². The molecule has 5 heteroatoms. The summed E-state index contributed by atoms with van der Waals surface area (Å²) in [7, 11) is 1.42. The van der Waals surface area contributed by atoms with E-state index in [1.54, 1.807) is 12.1 Å². The molecule has 0 radical (unpaired) electrons. The highest BCUT2D eigenvalue weighted by Crippen LogP contribution is 2.35. The van der Waals surface area contributed by atoms with E-state index >= 15 is 0 Å². The molecule has 2 rings (SSSR count). The lowest BCUT2D eigenvalue weighted by atomic mass is 10.2. The van der Waals surface area contributed by atoms with Crippen LogP contribution in [0.25, 0.3) is 10.1 Å². The van der Waals surface area contributed by atoms with Gasteiger partial charge in [-0.3, -0.25) is 0 Å². The molecule has 0 aliphatic rings. The summed E-state index contributed by atoms with van der Waals surface area (Å²) in [4.78, 5) is 0. The van der Waals surface area contributed by atoms with E-state index in [9.17, 15) is 8.78 Å². The molecule has 0 atom stereocenters. The largest absolute Gasteiger partial charge is 0.493 e. The first-order chi connectivity index (χ1) is 7.20. The second-order valence-electron chi connectivity index (χ2n) is 2.84. The molecule has 15 heavy (non-hydrogen) atoms. The molecule has 1 aromatic heterocycles. The van der Waals surface area contributed by atoms with Gasteiger partial charge in [0.2, 0.25) is 0 Å². The second kappa shape index (κ2) is 4.02. The maximum atomic E-state index is 12.1. The average Bonchev–Trinajstić information content (AvgIpc) is 2.62. The van der Waals surface area contributed by atoms with Gasteiger partial charge in [-0.1, -0.05) is 0 Å². The Labute approximate surface area is 89.0 Å². The predicted molar refractivity (Wildman–Crippen MR) is 55.0 cm³/mol. The van der Waals surface area contributed by atoms with E-state index in [1.807, 2.05) is 11.4 Å². The fourth-order valence-corrected chi connectivity index (χ4v) is 2.12. The van der Waals surface area contributed by atoms with E-state index in [4.69, 9.17) is 4.74 Å². The van der Waals surface area contributed by atoms with Crippen LogP contribution >= 0.6 is 11.3 Å². The van der Waals surface area contributed by atoms with Crippen LogP contribution in [0.4, 0.5) is 8.78 Å². The Kier molecular flexibility index (Phi) is 2.73. The highest BCUT2D eigenvalue weighted by atomic mass is 32.1. The molecule has 0 saturated carbocycles. The van der Waals surface area contributed by atoms with Crippen LogP contribution in [0.2, 0.25) is 0 Å². The lowest BCUT2D eigenvalue weighted by Crippen LogP contribution is -2.03. The van der Waals surface area contributed by atoms with Crippen molar-refractivity contribution in [2.24, 2.45) is 0 Å². The van der Waals surface area contributed by atoms with Crippen molar-refractivity contribution in [3.63, 3.8) is 0 Å². The van der Waals surface area contributed by atoms with E-state index in [1.165, 1.54) is 18.4 Å². The van der Waals surface area contributed by atoms with Crippen molar-refractivity contribution in [3.8, 4) is 11.5 Å². The Balaban J connectivity index is 2.49. The third-order valence-electron chi connectivity index (χ3n) is 1.95. The van der Waals surface area contributed by atoms with Crippen LogP contribution in [0, 0.1) is 0 Å². The van der Waals surface area contributed by atoms with Crippen molar-refractivity contribution in [3.05, 3.63) is 23.6 Å². The number of ether oxygens (including phenoxy) is 2. The van der Waals surface area contributed by atoms with E-state index in [0.29, 0.717) is 5.75 Å². The zero-order valence-electron chi connectivity index (χ0n) is 7.87. The minimum absolute atomic E-state index is 0.0680. The summed E-state index contributed by atoms with van der Waals surface area (Å²) >= 11 is 1.52. The summed E-state index contributed by atoms with van der Waals surface area (Å²) < 4.78 is 34.5. The van der Waals surface area contributed by atoms with Gasteiger partial charge in [-0.15, -0.1) is 11.3 Å². The third kappa shape index (κ3) is 2.02. The van der Waals surface area contributed by atoms with E-state index in [2.05, 4.69) is 4.74 Å². The molecule has 2 nitrogen and oxygen atoms in total. The van der Waals surface area contributed by atoms with Gasteiger partial charge in [-0.05, 0) is 22.9 Å². The van der Waals surface area contributed by atoms with Crippen LogP contribution in [0.3, 0.4) is 0 Å². The number of fused-ring (bicyclic) bond motifs is 1. The summed E-state index contributed by atoms with van der Waals surface area (Å²) in [6.45, 7) is -2.84. The highest BCUT2D eigenvalue weighted by molar-refractivity contribution is 7.17. The van der Waals surface area contributed by atoms with Crippen molar-refractivity contribution in [2.75, 3.05) is 7.11 Å². The Morgan fingerprint density at radius 2 is 2.07 bits per heavy atom. The Hall–Kier alpha value is -1.36. The van der Waals surface area contributed by atoms with Crippen molar-refractivity contribution in [2.45, 2.75) is 6.61 Å². The minimum atomic E-state index is -2.84. The number of methoxy groups -OCH3 is 1. The minimum Gasteiger partial charge on any atom is -0.493 e. The van der Waals surface area contributed by atoms with Gasteiger partial charge in [0.05, 0.1) is 7.11 Å². The van der Waals surface area contributed by atoms with Crippen LogP contribution in [0.5, 0.6) is 11.5 Å². The van der Waals surface area contributed by atoms with Crippen molar-refractivity contribution in [1.29, 1.82) is 0 Å². The number of hydrogen-bond acceptors (Lipinski definition) is 3. The number of alkyl halides is 2. The first-order valence-electron chi connectivity index (χ1n) is 4.21. The van der Waals surface area contributed by atoms with E-state index < -0.39 is 6.61 Å². The number of hydrogen-bond donors (Lipinski definition) is 0. The SMILES string of the molecule is COc1cc2sccc2cc1OC(F)F. The van der Waals surface area contributed by atoms with Gasteiger partial charge in [-0.2, -0.15) is 8.78 Å². The zero-order chi connectivity index (χ0) is 10.8. The smallest absolute Gasteiger partial charge is 0.387 e. The molecule has 0 saturated heterocycles. The number of benzene rings is 1. The summed E-state index contributed by atoms with van der Waals surface area (Å²) in [5, 5.41) is 2.76. The molecule has 0 N–H and O–H groups in total. The fraction of sp³-hybridized carbons (Fsp3) is 0.200. The van der Waals surface area contributed by atoms with Crippen LogP contribution in [-0.2, 0) is 0 Å². The van der Waals surface area contributed by atoms with Crippen molar-refractivity contribution >= 4 is 21.4 Å². The molecule has 0 aliphatic heterocycles. The molecule has 0 fully saturated rings. The van der Waals surface area contributed by atoms with Crippen molar-refractivity contribution < 1.29 is 18.3 Å². The second-order valence-corrected chi connectivity index (χ2v) is 3.79. The molecule has 80 valence electrons. The van der Waals surface area contributed by atoms with Gasteiger partial charge in [0, 0.05) is 10.8 Å². The standard InChI is InChI=1S/C10H8F2O2S/c1-13-7-5-9-6(2-3-15-9)4-8(7)14-10(11)12/h2-5,10H,1H3. The van der Waals surface area contributed by atoms with Crippen molar-refractivity contribution in [1.82, 2.24) is 0 Å². The summed E-state index contributed by atoms with van der Waals surface area (Å²) in [5.74, 6) is 0.392. The molecular weight excluding hydrogens is 222 g/mol. The fourth-order valence-electron chi connectivity index (χ4n) is 1.32. The monoisotopic (exact) mass is 230 g/mol. The van der Waals surface area contributed by atoms with Crippen LogP contribution in [0.1, 0.15) is 0 Å².